The molecule has 3 N–H and O–H groups in total. The van der Waals surface area contributed by atoms with Gasteiger partial charge in [-0.3, -0.25) is 4.79 Å². The Kier molecular flexibility index (Phi) is 8.67. The van der Waals surface area contributed by atoms with Crippen LogP contribution in [-0.2, 0) is 4.79 Å². The molecule has 1 amide bonds. The van der Waals surface area contributed by atoms with Crippen LogP contribution in [0.25, 0.3) is 33.3 Å². The summed E-state index contributed by atoms with van der Waals surface area (Å²) >= 11 is 0. The van der Waals surface area contributed by atoms with Gasteiger partial charge in [0.15, 0.2) is 0 Å². The number of pyridine rings is 2. The van der Waals surface area contributed by atoms with E-state index >= 15 is 0 Å². The predicted molar refractivity (Wildman–Crippen MR) is 182 cm³/mol. The minimum absolute atomic E-state index is 0.0623. The van der Waals surface area contributed by atoms with Crippen molar-refractivity contribution in [3.8, 4) is 45.3 Å². The van der Waals surface area contributed by atoms with Gasteiger partial charge in [0.05, 0.1) is 31.6 Å². The average molecular weight is 645 g/mol. The summed E-state index contributed by atoms with van der Waals surface area (Å²) in [6.07, 6.45) is 14.4. The van der Waals surface area contributed by atoms with Crippen molar-refractivity contribution in [3.63, 3.8) is 0 Å². The van der Waals surface area contributed by atoms with Gasteiger partial charge >= 0.3 is 0 Å². The van der Waals surface area contributed by atoms with Crippen LogP contribution in [-0.4, -0.2) is 78.2 Å². The maximum absolute atomic E-state index is 11.8. The Morgan fingerprint density at radius 2 is 1.33 bits per heavy atom. The molecule has 6 heterocycles. The van der Waals surface area contributed by atoms with Crippen LogP contribution < -0.4 is 14.8 Å². The van der Waals surface area contributed by atoms with Crippen molar-refractivity contribution in [1.29, 1.82) is 0 Å². The number of hydrogen-bond acceptors (Lipinski definition) is 8. The summed E-state index contributed by atoms with van der Waals surface area (Å²) in [5, 5.41) is 22.2. The number of aromatic nitrogens is 4. The Balaban J connectivity index is 0.000000154. The Morgan fingerprint density at radius 3 is 1.83 bits per heavy atom. The molecule has 0 saturated carbocycles. The smallest absolute Gasteiger partial charge is 0.246 e. The van der Waals surface area contributed by atoms with E-state index in [9.17, 15) is 15.0 Å². The highest BCUT2D eigenvalue weighted by Gasteiger charge is 2.27. The molecule has 8 rings (SSSR count). The number of carbonyl (C=O) groups is 1. The number of phenolic OH excluding ortho intramolecular Hbond substituents is 2. The molecular weight excluding hydrogens is 608 g/mol. The number of nitrogens with zero attached hydrogens (tertiary/aromatic N) is 5. The standard InChI is InChI=1S/C20H19N3O3.C17H17N3O2/c1-2-20(25)22-8-7-17(12-22)26-19-9-15(11-23-13-21-10-18(19)23)14-3-5-16(24)6-4-14;21-14-3-1-12(2-4-14)13-7-17(22-15-5-6-18-8-15)16-9-19-11-20(16)10-13/h2-6,9-11,13,17,24H,1,7-8,12H2;1-4,7,9-11,15,18,21H,5-6,8H2/t17-;15-/m00/s1. The predicted octanol–water partition coefficient (Wildman–Crippen LogP) is 5.32. The molecule has 0 aliphatic carbocycles. The van der Waals surface area contributed by atoms with Gasteiger partial charge in [-0.05, 0) is 66.6 Å². The molecule has 0 spiro atoms. The molecule has 0 bridgehead atoms. The van der Waals surface area contributed by atoms with Crippen molar-refractivity contribution >= 4 is 16.9 Å². The molecule has 2 aliphatic rings. The van der Waals surface area contributed by atoms with Gasteiger partial charge < -0.3 is 38.7 Å². The molecule has 2 aliphatic heterocycles. The number of fused-ring (bicyclic) bond motifs is 2. The van der Waals surface area contributed by atoms with Crippen LogP contribution >= 0.6 is 0 Å². The van der Waals surface area contributed by atoms with Crippen molar-refractivity contribution in [2.75, 3.05) is 26.2 Å². The number of phenols is 2. The van der Waals surface area contributed by atoms with Crippen LogP contribution in [0.2, 0.25) is 0 Å². The fraction of sp³-hybridized carbons (Fsp3) is 0.216. The van der Waals surface area contributed by atoms with E-state index in [-0.39, 0.29) is 29.6 Å². The lowest BCUT2D eigenvalue weighted by Crippen LogP contribution is -2.29. The van der Waals surface area contributed by atoms with Crippen molar-refractivity contribution < 1.29 is 24.5 Å². The van der Waals surface area contributed by atoms with Gasteiger partial charge in [0.2, 0.25) is 5.91 Å². The van der Waals surface area contributed by atoms with E-state index in [0.29, 0.717) is 13.1 Å². The number of hydrogen-bond donors (Lipinski definition) is 3. The number of nitrogens with one attached hydrogen (secondary N) is 1. The summed E-state index contributed by atoms with van der Waals surface area (Å²) in [6, 6.07) is 18.2. The van der Waals surface area contributed by atoms with Gasteiger partial charge in [0.25, 0.3) is 0 Å². The van der Waals surface area contributed by atoms with E-state index in [0.717, 1.165) is 70.7 Å². The van der Waals surface area contributed by atoms with E-state index in [1.807, 2.05) is 63.8 Å². The zero-order valence-electron chi connectivity index (χ0n) is 26.3. The van der Waals surface area contributed by atoms with Gasteiger partial charge in [-0.25, -0.2) is 9.97 Å². The molecule has 6 aromatic rings. The second kappa shape index (κ2) is 13.5. The highest BCUT2D eigenvalue weighted by atomic mass is 16.5. The van der Waals surface area contributed by atoms with Gasteiger partial charge in [0.1, 0.15) is 46.2 Å². The molecule has 2 fully saturated rings. The number of carbonyl (C=O) groups excluding carboxylic acids is 1. The maximum Gasteiger partial charge on any atom is 0.246 e. The molecule has 11 heteroatoms. The van der Waals surface area contributed by atoms with E-state index < -0.39 is 0 Å². The number of benzene rings is 2. The van der Waals surface area contributed by atoms with Crippen LogP contribution in [0.5, 0.6) is 23.0 Å². The van der Waals surface area contributed by atoms with Gasteiger partial charge in [0, 0.05) is 43.0 Å². The third kappa shape index (κ3) is 6.67. The Labute approximate surface area is 277 Å². The normalized spacial score (nSPS) is 17.3. The molecule has 0 unspecified atom stereocenters. The first-order valence-electron chi connectivity index (χ1n) is 15.9. The summed E-state index contributed by atoms with van der Waals surface area (Å²) in [4.78, 5) is 21.9. The molecule has 244 valence electrons. The first kappa shape index (κ1) is 30.8. The van der Waals surface area contributed by atoms with Gasteiger partial charge in [-0.1, -0.05) is 30.8 Å². The third-order valence-corrected chi connectivity index (χ3v) is 8.60. The summed E-state index contributed by atoms with van der Waals surface area (Å²) in [6.45, 7) is 6.63. The Morgan fingerprint density at radius 1 is 0.792 bits per heavy atom. The van der Waals surface area contributed by atoms with Gasteiger partial charge in [-0.15, -0.1) is 0 Å². The largest absolute Gasteiger partial charge is 0.508 e. The quantitative estimate of drug-likeness (QED) is 0.200. The van der Waals surface area contributed by atoms with Crippen LogP contribution in [0.15, 0.2) is 111 Å². The Bertz CT molecular complexity index is 2050. The topological polar surface area (TPSA) is 126 Å². The van der Waals surface area contributed by atoms with E-state index in [1.165, 1.54) is 6.08 Å². The summed E-state index contributed by atoms with van der Waals surface area (Å²) in [5.41, 5.74) is 5.84. The maximum atomic E-state index is 11.8. The highest BCUT2D eigenvalue weighted by molar-refractivity contribution is 5.87. The fourth-order valence-electron chi connectivity index (χ4n) is 6.06. The van der Waals surface area contributed by atoms with Crippen LogP contribution in [0, 0.1) is 0 Å². The third-order valence-electron chi connectivity index (χ3n) is 8.60. The Hall–Kier alpha value is -5.81. The lowest BCUT2D eigenvalue weighted by molar-refractivity contribution is -0.125. The van der Waals surface area contributed by atoms with Crippen molar-refractivity contribution in [2.45, 2.75) is 25.0 Å². The number of rotatable bonds is 7. The van der Waals surface area contributed by atoms with E-state index in [4.69, 9.17) is 9.47 Å². The number of aromatic hydroxyl groups is 2. The molecule has 48 heavy (non-hydrogen) atoms. The zero-order valence-corrected chi connectivity index (χ0v) is 26.3. The first-order valence-corrected chi connectivity index (χ1v) is 15.9. The van der Waals surface area contributed by atoms with Crippen LogP contribution in [0.1, 0.15) is 12.8 Å². The molecule has 4 aromatic heterocycles. The molecule has 2 atom stereocenters. The second-order valence-corrected chi connectivity index (χ2v) is 11.9. The number of imidazole rings is 2. The summed E-state index contributed by atoms with van der Waals surface area (Å²) in [5.74, 6) is 2.00. The van der Waals surface area contributed by atoms with Crippen molar-refractivity contribution in [3.05, 3.63) is 111 Å². The average Bonchev–Trinajstić information content (AvgIpc) is 3.93. The first-order chi connectivity index (χ1) is 23.4. The lowest BCUT2D eigenvalue weighted by Gasteiger charge is -2.17. The summed E-state index contributed by atoms with van der Waals surface area (Å²) < 4.78 is 16.3. The molecular formula is C37H36N6O5. The second-order valence-electron chi connectivity index (χ2n) is 11.9. The highest BCUT2D eigenvalue weighted by Crippen LogP contribution is 2.32. The van der Waals surface area contributed by atoms with Crippen molar-refractivity contribution in [1.82, 2.24) is 29.0 Å². The fourth-order valence-corrected chi connectivity index (χ4v) is 6.06. The zero-order chi connectivity index (χ0) is 33.0. The number of ether oxygens (including phenoxy) is 2. The van der Waals surface area contributed by atoms with Crippen LogP contribution in [0.3, 0.4) is 0 Å². The lowest BCUT2D eigenvalue weighted by atomic mass is 10.1. The van der Waals surface area contributed by atoms with Crippen LogP contribution in [0.4, 0.5) is 0 Å². The van der Waals surface area contributed by atoms with E-state index in [1.54, 1.807) is 48.0 Å². The minimum Gasteiger partial charge on any atom is -0.508 e. The van der Waals surface area contributed by atoms with E-state index in [2.05, 4.69) is 21.9 Å². The molecule has 0 radical (unpaired) electrons. The molecule has 2 aromatic carbocycles. The monoisotopic (exact) mass is 644 g/mol. The minimum atomic E-state index is -0.0663. The SMILES string of the molecule is C=CC(=O)N1CC[C@H](Oc2cc(-c3ccc(O)cc3)cn3cncc23)C1.Oc1ccc(-c2cc(O[C@H]3CCNC3)c3cncn3c2)cc1. The molecule has 2 saturated heterocycles. The summed E-state index contributed by atoms with van der Waals surface area (Å²) in [7, 11) is 0. The number of amides is 1. The van der Waals surface area contributed by atoms with Crippen molar-refractivity contribution in [2.24, 2.45) is 0 Å². The van der Waals surface area contributed by atoms with Gasteiger partial charge in [-0.2, -0.15) is 0 Å². The molecule has 11 nitrogen and oxygen atoms in total. The number of likely N-dealkylation sites (tertiary alicyclic amines) is 1.